The van der Waals surface area contributed by atoms with Crippen LogP contribution in [0.3, 0.4) is 0 Å². The highest BCUT2D eigenvalue weighted by atomic mass is 16.1. The highest BCUT2D eigenvalue weighted by Gasteiger charge is 2.12. The molecule has 2 heterocycles. The molecule has 4 rings (SSSR count). The van der Waals surface area contributed by atoms with E-state index in [1.165, 1.54) is 10.1 Å². The second-order valence-electron chi connectivity index (χ2n) is 5.56. The smallest absolute Gasteiger partial charge is 0.280 e. The number of aromatic nitrogens is 3. The fourth-order valence-electron chi connectivity index (χ4n) is 2.80. The summed E-state index contributed by atoms with van der Waals surface area (Å²) in [6.07, 6.45) is 3.48. The minimum absolute atomic E-state index is 0.0971. The molecule has 112 valence electrons. The molecule has 2 aromatic heterocycles. The van der Waals surface area contributed by atoms with Crippen molar-refractivity contribution >= 4 is 5.65 Å². The van der Waals surface area contributed by atoms with Gasteiger partial charge in [-0.3, -0.25) is 9.89 Å². The van der Waals surface area contributed by atoms with Crippen LogP contribution < -0.4 is 5.56 Å². The zero-order valence-electron chi connectivity index (χ0n) is 12.7. The number of rotatable bonds is 2. The summed E-state index contributed by atoms with van der Waals surface area (Å²) in [5.74, 6) is 0. The lowest BCUT2D eigenvalue weighted by Gasteiger charge is -2.03. The van der Waals surface area contributed by atoms with E-state index in [-0.39, 0.29) is 5.56 Å². The molecule has 4 aromatic rings. The lowest BCUT2D eigenvalue weighted by Crippen LogP contribution is -2.16. The zero-order valence-corrected chi connectivity index (χ0v) is 12.7. The average molecular weight is 301 g/mol. The summed E-state index contributed by atoms with van der Waals surface area (Å²) in [6, 6.07) is 17.7. The van der Waals surface area contributed by atoms with Gasteiger partial charge in [0, 0.05) is 18.0 Å². The van der Waals surface area contributed by atoms with Crippen LogP contribution in [0.1, 0.15) is 5.56 Å². The number of H-pyrrole nitrogens is 1. The van der Waals surface area contributed by atoms with E-state index >= 15 is 0 Å². The second-order valence-corrected chi connectivity index (χ2v) is 5.56. The van der Waals surface area contributed by atoms with Gasteiger partial charge < -0.3 is 0 Å². The molecule has 0 amide bonds. The number of nitrogens with zero attached hydrogens (tertiary/aromatic N) is 2. The summed E-state index contributed by atoms with van der Waals surface area (Å²) in [5.41, 5.74) is 5.13. The van der Waals surface area contributed by atoms with Crippen LogP contribution >= 0.6 is 0 Å². The van der Waals surface area contributed by atoms with Gasteiger partial charge in [0.1, 0.15) is 0 Å². The Balaban J connectivity index is 1.93. The first-order valence-electron chi connectivity index (χ1n) is 7.45. The van der Waals surface area contributed by atoms with E-state index < -0.39 is 0 Å². The van der Waals surface area contributed by atoms with Crippen LogP contribution in [0.15, 0.2) is 71.8 Å². The van der Waals surface area contributed by atoms with Crippen LogP contribution in [0.25, 0.3) is 27.9 Å². The van der Waals surface area contributed by atoms with Gasteiger partial charge in [-0.15, -0.1) is 0 Å². The Bertz CT molecular complexity index is 1050. The Morgan fingerprint density at radius 1 is 0.957 bits per heavy atom. The van der Waals surface area contributed by atoms with E-state index in [0.29, 0.717) is 11.2 Å². The first kappa shape index (κ1) is 13.5. The van der Waals surface area contributed by atoms with Crippen molar-refractivity contribution in [3.63, 3.8) is 0 Å². The molecule has 0 aliphatic rings. The lowest BCUT2D eigenvalue weighted by atomic mass is 10.1. The van der Waals surface area contributed by atoms with Crippen LogP contribution in [0.2, 0.25) is 0 Å². The molecule has 4 heteroatoms. The Kier molecular flexibility index (Phi) is 3.08. The van der Waals surface area contributed by atoms with E-state index in [0.717, 1.165) is 16.7 Å². The molecule has 4 nitrogen and oxygen atoms in total. The molecule has 0 aliphatic carbocycles. The Morgan fingerprint density at radius 2 is 1.74 bits per heavy atom. The molecule has 0 spiro atoms. The Morgan fingerprint density at radius 3 is 2.52 bits per heavy atom. The first-order valence-corrected chi connectivity index (χ1v) is 7.45. The lowest BCUT2D eigenvalue weighted by molar-refractivity contribution is 0.902. The van der Waals surface area contributed by atoms with Crippen molar-refractivity contribution in [1.29, 1.82) is 0 Å². The molecule has 0 radical (unpaired) electrons. The maximum absolute atomic E-state index is 12.7. The summed E-state index contributed by atoms with van der Waals surface area (Å²) in [6.45, 7) is 2.05. The molecular weight excluding hydrogens is 286 g/mol. The molecule has 0 saturated carbocycles. The van der Waals surface area contributed by atoms with Gasteiger partial charge in [0.2, 0.25) is 0 Å². The van der Waals surface area contributed by atoms with E-state index in [9.17, 15) is 4.79 Å². The van der Waals surface area contributed by atoms with Crippen LogP contribution in [0.4, 0.5) is 0 Å². The monoisotopic (exact) mass is 301 g/mol. The topological polar surface area (TPSA) is 50.2 Å². The third kappa shape index (κ3) is 2.25. The number of aromatic amines is 1. The van der Waals surface area contributed by atoms with E-state index in [1.807, 2.05) is 61.7 Å². The third-order valence-electron chi connectivity index (χ3n) is 3.95. The number of benzene rings is 2. The normalized spacial score (nSPS) is 11.0. The fraction of sp³-hybridized carbons (Fsp3) is 0.0526. The van der Waals surface area contributed by atoms with Gasteiger partial charge in [0.05, 0.1) is 5.56 Å². The Labute approximate surface area is 133 Å². The molecule has 0 saturated heterocycles. The molecule has 1 N–H and O–H groups in total. The van der Waals surface area contributed by atoms with Gasteiger partial charge in [0.25, 0.3) is 5.56 Å². The van der Waals surface area contributed by atoms with Crippen molar-refractivity contribution in [3.8, 4) is 22.3 Å². The molecule has 2 aromatic carbocycles. The first-order chi connectivity index (χ1) is 11.2. The molecule has 23 heavy (non-hydrogen) atoms. The molecule has 0 fully saturated rings. The van der Waals surface area contributed by atoms with Gasteiger partial charge in [-0.25, -0.2) is 9.50 Å². The number of fused-ring (bicyclic) bond motifs is 1. The third-order valence-corrected chi connectivity index (χ3v) is 3.95. The van der Waals surface area contributed by atoms with Crippen molar-refractivity contribution in [3.05, 3.63) is 82.9 Å². The zero-order chi connectivity index (χ0) is 15.8. The van der Waals surface area contributed by atoms with Crippen LogP contribution in [-0.2, 0) is 0 Å². The van der Waals surface area contributed by atoms with E-state index in [4.69, 9.17) is 0 Å². The van der Waals surface area contributed by atoms with Crippen LogP contribution in [-0.4, -0.2) is 14.6 Å². The van der Waals surface area contributed by atoms with Crippen molar-refractivity contribution in [2.24, 2.45) is 0 Å². The van der Waals surface area contributed by atoms with E-state index in [2.05, 4.69) is 16.1 Å². The van der Waals surface area contributed by atoms with Gasteiger partial charge in [-0.2, -0.15) is 0 Å². The fourth-order valence-corrected chi connectivity index (χ4v) is 2.80. The van der Waals surface area contributed by atoms with Gasteiger partial charge in [0.15, 0.2) is 5.65 Å². The van der Waals surface area contributed by atoms with Crippen molar-refractivity contribution < 1.29 is 0 Å². The van der Waals surface area contributed by atoms with E-state index in [1.54, 1.807) is 6.20 Å². The number of hydrogen-bond acceptors (Lipinski definition) is 2. The summed E-state index contributed by atoms with van der Waals surface area (Å²) in [7, 11) is 0. The second kappa shape index (κ2) is 5.25. The van der Waals surface area contributed by atoms with Crippen molar-refractivity contribution in [1.82, 2.24) is 14.6 Å². The molecule has 0 unspecified atom stereocenters. The highest BCUT2D eigenvalue weighted by molar-refractivity contribution is 5.78. The predicted octanol–water partition coefficient (Wildman–Crippen LogP) is 3.67. The largest absolute Gasteiger partial charge is 0.296 e. The van der Waals surface area contributed by atoms with Crippen molar-refractivity contribution in [2.75, 3.05) is 0 Å². The number of nitrogens with one attached hydrogen (secondary N) is 1. The SMILES string of the molecule is Cc1cccc(-c2c[nH]n3c(=O)c(-c4ccccc4)cnc23)c1. The minimum atomic E-state index is -0.0971. The molecule has 0 bridgehead atoms. The molecule has 0 atom stereocenters. The summed E-state index contributed by atoms with van der Waals surface area (Å²) in [4.78, 5) is 17.2. The number of hydrogen-bond donors (Lipinski definition) is 1. The van der Waals surface area contributed by atoms with Crippen molar-refractivity contribution in [2.45, 2.75) is 6.92 Å². The predicted molar refractivity (Wildman–Crippen MR) is 91.4 cm³/mol. The van der Waals surface area contributed by atoms with Gasteiger partial charge in [-0.1, -0.05) is 60.2 Å². The maximum atomic E-state index is 12.7. The summed E-state index contributed by atoms with van der Waals surface area (Å²) < 4.78 is 1.50. The van der Waals surface area contributed by atoms with Gasteiger partial charge in [-0.05, 0) is 18.1 Å². The quantitative estimate of drug-likeness (QED) is 0.614. The summed E-state index contributed by atoms with van der Waals surface area (Å²) in [5, 5.41) is 3.03. The standard InChI is InChI=1S/C19H15N3O/c1-13-6-5-9-15(10-13)16-12-21-22-18(16)20-11-17(19(22)23)14-7-3-2-4-8-14/h2-12,21H,1H3. The van der Waals surface area contributed by atoms with Crippen LogP contribution in [0.5, 0.6) is 0 Å². The average Bonchev–Trinajstić information content (AvgIpc) is 3.01. The Hall–Kier alpha value is -3.14. The molecule has 0 aliphatic heterocycles. The van der Waals surface area contributed by atoms with Gasteiger partial charge >= 0.3 is 0 Å². The molecular formula is C19H15N3O. The summed E-state index contributed by atoms with van der Waals surface area (Å²) >= 11 is 0. The highest BCUT2D eigenvalue weighted by Crippen LogP contribution is 2.24. The van der Waals surface area contributed by atoms with Crippen LogP contribution in [0, 0.1) is 6.92 Å². The maximum Gasteiger partial charge on any atom is 0.280 e. The number of aryl methyl sites for hydroxylation is 1. The minimum Gasteiger partial charge on any atom is -0.296 e.